The van der Waals surface area contributed by atoms with E-state index in [1.807, 2.05) is 0 Å². The lowest BCUT2D eigenvalue weighted by Crippen LogP contribution is -2.47. The lowest BCUT2D eigenvalue weighted by Gasteiger charge is -2.30. The Labute approximate surface area is 73.7 Å². The number of rotatable bonds is 1. The molecule has 1 aliphatic carbocycles. The Bertz CT molecular complexity index is 224. The molecule has 0 aromatic rings. The van der Waals surface area contributed by atoms with Gasteiger partial charge < -0.3 is 5.32 Å². The summed E-state index contributed by atoms with van der Waals surface area (Å²) in [6, 6.07) is 0. The molecule has 0 aromatic heterocycles. The van der Waals surface area contributed by atoms with E-state index in [0.717, 1.165) is 12.3 Å². The first-order chi connectivity index (χ1) is 5.56. The summed E-state index contributed by atoms with van der Waals surface area (Å²) in [6.45, 7) is 6.62. The van der Waals surface area contributed by atoms with Crippen molar-refractivity contribution in [2.75, 3.05) is 0 Å². The molecule has 68 valence electrons. The van der Waals surface area contributed by atoms with E-state index in [1.54, 1.807) is 0 Å². The highest BCUT2D eigenvalue weighted by atomic mass is 16.1. The number of nitrogens with one attached hydrogen (secondary N) is 1. The number of carbonyl (C=O) groups is 1. The molecule has 1 amide bonds. The van der Waals surface area contributed by atoms with Gasteiger partial charge in [-0.25, -0.2) is 0 Å². The van der Waals surface area contributed by atoms with Crippen LogP contribution in [-0.2, 0) is 4.79 Å². The van der Waals surface area contributed by atoms with Crippen molar-refractivity contribution in [1.29, 1.82) is 0 Å². The van der Waals surface area contributed by atoms with Crippen molar-refractivity contribution in [3.63, 3.8) is 0 Å². The smallest absolute Gasteiger partial charge is 0.220 e. The van der Waals surface area contributed by atoms with Gasteiger partial charge in [0, 0.05) is 12.0 Å². The fourth-order valence-electron chi connectivity index (χ4n) is 2.71. The summed E-state index contributed by atoms with van der Waals surface area (Å²) in [4.78, 5) is 11.3. The predicted molar refractivity (Wildman–Crippen MR) is 47.6 cm³/mol. The molecule has 1 saturated carbocycles. The number of carbonyl (C=O) groups excluding carboxylic acids is 1. The quantitative estimate of drug-likeness (QED) is 0.631. The monoisotopic (exact) mass is 167 g/mol. The van der Waals surface area contributed by atoms with Gasteiger partial charge in [-0.05, 0) is 24.2 Å². The Morgan fingerprint density at radius 1 is 1.58 bits per heavy atom. The van der Waals surface area contributed by atoms with E-state index in [4.69, 9.17) is 0 Å². The Morgan fingerprint density at radius 2 is 2.25 bits per heavy atom. The minimum atomic E-state index is 0.189. The average Bonchev–Trinajstić information content (AvgIpc) is 2.63. The molecule has 1 saturated heterocycles. The van der Waals surface area contributed by atoms with Crippen LogP contribution < -0.4 is 5.32 Å². The molecule has 2 fully saturated rings. The SMILES string of the molecule is CC1CC(=O)NC2(C(C)C)CC12. The first kappa shape index (κ1) is 8.09. The fraction of sp³-hybridized carbons (Fsp3) is 0.900. The van der Waals surface area contributed by atoms with Crippen LogP contribution in [0, 0.1) is 17.8 Å². The van der Waals surface area contributed by atoms with Crippen molar-refractivity contribution in [1.82, 2.24) is 5.32 Å². The lowest BCUT2D eigenvalue weighted by atomic mass is 9.88. The minimum absolute atomic E-state index is 0.189. The molecule has 0 spiro atoms. The summed E-state index contributed by atoms with van der Waals surface area (Å²) in [5.41, 5.74) is 0.189. The third-order valence-electron chi connectivity index (χ3n) is 3.66. The van der Waals surface area contributed by atoms with Gasteiger partial charge in [-0.2, -0.15) is 0 Å². The Hall–Kier alpha value is -0.530. The molecule has 0 radical (unpaired) electrons. The van der Waals surface area contributed by atoms with Crippen LogP contribution >= 0.6 is 0 Å². The summed E-state index contributed by atoms with van der Waals surface area (Å²) >= 11 is 0. The molecule has 12 heavy (non-hydrogen) atoms. The van der Waals surface area contributed by atoms with E-state index < -0.39 is 0 Å². The number of hydrogen-bond donors (Lipinski definition) is 1. The van der Waals surface area contributed by atoms with Gasteiger partial charge >= 0.3 is 0 Å². The zero-order chi connectivity index (χ0) is 8.93. The third-order valence-corrected chi connectivity index (χ3v) is 3.66. The van der Waals surface area contributed by atoms with E-state index >= 15 is 0 Å². The van der Waals surface area contributed by atoms with Crippen molar-refractivity contribution < 1.29 is 4.79 Å². The topological polar surface area (TPSA) is 29.1 Å². The zero-order valence-electron chi connectivity index (χ0n) is 8.05. The first-order valence-corrected chi connectivity index (χ1v) is 4.87. The van der Waals surface area contributed by atoms with Crippen molar-refractivity contribution in [3.05, 3.63) is 0 Å². The van der Waals surface area contributed by atoms with Gasteiger partial charge in [0.1, 0.15) is 0 Å². The molecule has 1 aliphatic heterocycles. The number of amides is 1. The molecular formula is C10H17NO. The van der Waals surface area contributed by atoms with Crippen LogP contribution in [-0.4, -0.2) is 11.4 Å². The maximum atomic E-state index is 11.3. The Kier molecular flexibility index (Phi) is 1.51. The van der Waals surface area contributed by atoms with E-state index in [0.29, 0.717) is 11.8 Å². The molecule has 0 aromatic carbocycles. The molecule has 2 nitrogen and oxygen atoms in total. The average molecular weight is 167 g/mol. The summed E-state index contributed by atoms with van der Waals surface area (Å²) in [7, 11) is 0. The van der Waals surface area contributed by atoms with E-state index in [2.05, 4.69) is 26.1 Å². The normalized spacial score (nSPS) is 45.5. The van der Waals surface area contributed by atoms with E-state index in [1.165, 1.54) is 6.42 Å². The molecule has 1 heterocycles. The van der Waals surface area contributed by atoms with Gasteiger partial charge in [0.15, 0.2) is 0 Å². The van der Waals surface area contributed by atoms with Crippen molar-refractivity contribution in [3.8, 4) is 0 Å². The molecule has 2 aliphatic rings. The maximum Gasteiger partial charge on any atom is 0.220 e. The summed E-state index contributed by atoms with van der Waals surface area (Å²) in [6.07, 6.45) is 1.94. The highest BCUT2D eigenvalue weighted by molar-refractivity contribution is 5.79. The second-order valence-corrected chi connectivity index (χ2v) is 4.74. The number of piperidine rings is 1. The van der Waals surface area contributed by atoms with Gasteiger partial charge in [0.2, 0.25) is 5.91 Å². The fourth-order valence-corrected chi connectivity index (χ4v) is 2.71. The molecule has 3 atom stereocenters. The Morgan fingerprint density at radius 3 is 2.83 bits per heavy atom. The standard InChI is InChI=1S/C10H17NO/c1-6(2)10-5-8(10)7(3)4-9(12)11-10/h6-8H,4-5H2,1-3H3,(H,11,12). The van der Waals surface area contributed by atoms with Crippen molar-refractivity contribution in [2.24, 2.45) is 17.8 Å². The highest BCUT2D eigenvalue weighted by Gasteiger charge is 2.61. The van der Waals surface area contributed by atoms with Crippen LogP contribution in [0.5, 0.6) is 0 Å². The largest absolute Gasteiger partial charge is 0.350 e. The molecule has 2 rings (SSSR count). The van der Waals surface area contributed by atoms with Gasteiger partial charge in [-0.15, -0.1) is 0 Å². The van der Waals surface area contributed by atoms with Crippen molar-refractivity contribution in [2.45, 2.75) is 39.2 Å². The van der Waals surface area contributed by atoms with Crippen LogP contribution in [0.25, 0.3) is 0 Å². The second kappa shape index (κ2) is 2.24. The minimum Gasteiger partial charge on any atom is -0.350 e. The Balaban J connectivity index is 2.17. The second-order valence-electron chi connectivity index (χ2n) is 4.74. The van der Waals surface area contributed by atoms with Gasteiger partial charge in [0.05, 0.1) is 0 Å². The van der Waals surface area contributed by atoms with Crippen LogP contribution in [0.4, 0.5) is 0 Å². The maximum absolute atomic E-state index is 11.3. The first-order valence-electron chi connectivity index (χ1n) is 4.87. The van der Waals surface area contributed by atoms with E-state index in [-0.39, 0.29) is 11.4 Å². The highest BCUT2D eigenvalue weighted by Crippen LogP contribution is 2.55. The van der Waals surface area contributed by atoms with Gasteiger partial charge in [-0.3, -0.25) is 4.79 Å². The predicted octanol–water partition coefficient (Wildman–Crippen LogP) is 1.56. The van der Waals surface area contributed by atoms with Crippen LogP contribution in [0.1, 0.15) is 33.6 Å². The van der Waals surface area contributed by atoms with Crippen molar-refractivity contribution >= 4 is 5.91 Å². The molecule has 2 heteroatoms. The van der Waals surface area contributed by atoms with Gasteiger partial charge in [-0.1, -0.05) is 20.8 Å². The summed E-state index contributed by atoms with van der Waals surface area (Å²) in [5.74, 6) is 2.20. The zero-order valence-corrected chi connectivity index (χ0v) is 8.05. The van der Waals surface area contributed by atoms with Gasteiger partial charge in [0.25, 0.3) is 0 Å². The summed E-state index contributed by atoms with van der Waals surface area (Å²) in [5, 5.41) is 3.16. The molecule has 3 unspecified atom stereocenters. The lowest BCUT2D eigenvalue weighted by molar-refractivity contribution is -0.125. The van der Waals surface area contributed by atoms with Crippen LogP contribution in [0.2, 0.25) is 0 Å². The number of hydrogen-bond acceptors (Lipinski definition) is 1. The number of fused-ring (bicyclic) bond motifs is 1. The van der Waals surface area contributed by atoms with E-state index in [9.17, 15) is 4.79 Å². The van der Waals surface area contributed by atoms with Crippen LogP contribution in [0.15, 0.2) is 0 Å². The molecule has 0 bridgehead atoms. The van der Waals surface area contributed by atoms with Crippen LogP contribution in [0.3, 0.4) is 0 Å². The molecular weight excluding hydrogens is 150 g/mol. The molecule has 1 N–H and O–H groups in total. The third kappa shape index (κ3) is 0.900. The summed E-state index contributed by atoms with van der Waals surface area (Å²) < 4.78 is 0.